The molecule has 0 saturated heterocycles. The molecule has 0 fully saturated rings. The number of unbranched alkanes of at least 4 members (excludes halogenated alkanes) is 3. The van der Waals surface area contributed by atoms with E-state index in [0.29, 0.717) is 12.8 Å². The molecule has 3 N–H and O–H groups in total. The zero-order valence-electron chi connectivity index (χ0n) is 13.6. The number of carboxylic acids is 1. The van der Waals surface area contributed by atoms with Crippen molar-refractivity contribution < 1.29 is 24.6 Å². The molecule has 0 aliphatic carbocycles. The normalized spacial score (nSPS) is 13.4. The Bertz CT molecular complexity index is 356. The van der Waals surface area contributed by atoms with Crippen molar-refractivity contribution in [3.8, 4) is 0 Å². The fourth-order valence-corrected chi connectivity index (χ4v) is 2.23. The van der Waals surface area contributed by atoms with E-state index in [4.69, 9.17) is 10.2 Å². The first-order chi connectivity index (χ1) is 10.5. The number of amides is 1. The molecule has 0 aliphatic rings. The Labute approximate surface area is 132 Å². The molecule has 6 nitrogen and oxygen atoms in total. The predicted molar refractivity (Wildman–Crippen MR) is 83.4 cm³/mol. The van der Waals surface area contributed by atoms with Crippen molar-refractivity contribution in [2.24, 2.45) is 5.92 Å². The lowest BCUT2D eigenvalue weighted by atomic mass is 9.92. The molecule has 0 aromatic heterocycles. The molecule has 0 radical (unpaired) electrons. The lowest BCUT2D eigenvalue weighted by Crippen LogP contribution is -2.45. The quantitative estimate of drug-likeness (QED) is 0.356. The van der Waals surface area contributed by atoms with Gasteiger partial charge in [0.2, 0.25) is 5.91 Å². The van der Waals surface area contributed by atoms with E-state index in [1.54, 1.807) is 0 Å². The van der Waals surface area contributed by atoms with Gasteiger partial charge in [0.1, 0.15) is 11.8 Å². The van der Waals surface area contributed by atoms with E-state index < -0.39 is 23.8 Å². The van der Waals surface area contributed by atoms with Crippen LogP contribution in [0.4, 0.5) is 0 Å². The molecule has 0 saturated carbocycles. The highest BCUT2D eigenvalue weighted by atomic mass is 16.4. The average Bonchev–Trinajstić information content (AvgIpc) is 2.47. The first kappa shape index (κ1) is 20.6. The molecular formula is C16H29NO5. The average molecular weight is 315 g/mol. The summed E-state index contributed by atoms with van der Waals surface area (Å²) in [4.78, 5) is 35.5. The van der Waals surface area contributed by atoms with E-state index in [-0.39, 0.29) is 18.8 Å². The minimum absolute atomic E-state index is 0.0639. The number of hydrogen-bond donors (Lipinski definition) is 3. The maximum absolute atomic E-state index is 12.2. The van der Waals surface area contributed by atoms with Crippen LogP contribution < -0.4 is 5.32 Å². The van der Waals surface area contributed by atoms with Gasteiger partial charge < -0.3 is 15.5 Å². The van der Waals surface area contributed by atoms with Gasteiger partial charge in [-0.15, -0.1) is 0 Å². The van der Waals surface area contributed by atoms with Crippen molar-refractivity contribution in [2.45, 2.75) is 71.3 Å². The Morgan fingerprint density at radius 1 is 1.00 bits per heavy atom. The number of aliphatic carboxylic acids is 1. The standard InChI is InChI=1S/C16H29NO5/c1-3-5-7-9-14(19)12(8-6-4-2)15(20)17-13(10-11-18)16(21)22/h12-13,18H,3-11H2,1-2H3,(H,17,20)(H,21,22). The van der Waals surface area contributed by atoms with Gasteiger partial charge in [0.05, 0.1) is 5.92 Å². The SMILES string of the molecule is CCCCCC(=O)C(CCCC)C(=O)NC(CCO)C(=O)O. The predicted octanol–water partition coefficient (Wildman–Crippen LogP) is 1.89. The number of carbonyl (C=O) groups is 3. The van der Waals surface area contributed by atoms with Crippen LogP contribution in [0.1, 0.15) is 65.2 Å². The molecule has 128 valence electrons. The molecular weight excluding hydrogens is 286 g/mol. The molecule has 6 heteroatoms. The van der Waals surface area contributed by atoms with E-state index in [1.807, 2.05) is 13.8 Å². The van der Waals surface area contributed by atoms with Crippen molar-refractivity contribution in [1.82, 2.24) is 5.32 Å². The summed E-state index contributed by atoms with van der Waals surface area (Å²) >= 11 is 0. The van der Waals surface area contributed by atoms with E-state index in [1.165, 1.54) is 0 Å². The molecule has 0 aromatic rings. The lowest BCUT2D eigenvalue weighted by Gasteiger charge is -2.19. The van der Waals surface area contributed by atoms with Gasteiger partial charge in [-0.05, 0) is 12.8 Å². The van der Waals surface area contributed by atoms with Gasteiger partial charge in [-0.25, -0.2) is 4.79 Å². The maximum Gasteiger partial charge on any atom is 0.326 e. The highest BCUT2D eigenvalue weighted by Crippen LogP contribution is 2.15. The Kier molecular flexibility index (Phi) is 11.4. The van der Waals surface area contributed by atoms with Crippen molar-refractivity contribution in [1.29, 1.82) is 0 Å². The number of rotatable bonds is 13. The van der Waals surface area contributed by atoms with Crippen LogP contribution >= 0.6 is 0 Å². The third kappa shape index (κ3) is 8.12. The number of carbonyl (C=O) groups excluding carboxylic acids is 2. The van der Waals surface area contributed by atoms with E-state index in [2.05, 4.69) is 5.32 Å². The summed E-state index contributed by atoms with van der Waals surface area (Å²) < 4.78 is 0. The van der Waals surface area contributed by atoms with Gasteiger partial charge in [-0.1, -0.05) is 39.5 Å². The van der Waals surface area contributed by atoms with Gasteiger partial charge in [-0.2, -0.15) is 0 Å². The molecule has 1 amide bonds. The van der Waals surface area contributed by atoms with E-state index in [0.717, 1.165) is 32.1 Å². The molecule has 22 heavy (non-hydrogen) atoms. The summed E-state index contributed by atoms with van der Waals surface area (Å²) in [6, 6.07) is -1.15. The number of carboxylic acid groups (broad SMARTS) is 1. The minimum Gasteiger partial charge on any atom is -0.480 e. The summed E-state index contributed by atoms with van der Waals surface area (Å²) in [6.07, 6.45) is 5.04. The Morgan fingerprint density at radius 3 is 2.14 bits per heavy atom. The lowest BCUT2D eigenvalue weighted by molar-refractivity contribution is -0.144. The van der Waals surface area contributed by atoms with Crippen molar-refractivity contribution >= 4 is 17.7 Å². The van der Waals surface area contributed by atoms with E-state index >= 15 is 0 Å². The molecule has 0 rings (SSSR count). The summed E-state index contributed by atoms with van der Waals surface area (Å²) in [5, 5.41) is 20.2. The third-order valence-corrected chi connectivity index (χ3v) is 3.61. The molecule has 0 spiro atoms. The highest BCUT2D eigenvalue weighted by Gasteiger charge is 2.29. The number of aliphatic hydroxyl groups is 1. The second-order valence-electron chi connectivity index (χ2n) is 5.53. The van der Waals surface area contributed by atoms with Gasteiger partial charge >= 0.3 is 5.97 Å². The Balaban J connectivity index is 4.73. The van der Waals surface area contributed by atoms with Crippen LogP contribution in [0, 0.1) is 5.92 Å². The Morgan fingerprint density at radius 2 is 1.64 bits per heavy atom. The zero-order chi connectivity index (χ0) is 17.0. The van der Waals surface area contributed by atoms with Gasteiger partial charge in [0, 0.05) is 19.4 Å². The van der Waals surface area contributed by atoms with Crippen LogP contribution in [0.15, 0.2) is 0 Å². The number of nitrogens with one attached hydrogen (secondary N) is 1. The van der Waals surface area contributed by atoms with Crippen molar-refractivity contribution in [3.63, 3.8) is 0 Å². The second kappa shape index (κ2) is 12.1. The third-order valence-electron chi connectivity index (χ3n) is 3.61. The summed E-state index contributed by atoms with van der Waals surface area (Å²) in [5.41, 5.74) is 0. The summed E-state index contributed by atoms with van der Waals surface area (Å²) in [6.45, 7) is 3.68. The second-order valence-corrected chi connectivity index (χ2v) is 5.53. The monoisotopic (exact) mass is 315 g/mol. The first-order valence-corrected chi connectivity index (χ1v) is 8.14. The van der Waals surface area contributed by atoms with Crippen LogP contribution in [0.2, 0.25) is 0 Å². The summed E-state index contributed by atoms with van der Waals surface area (Å²) in [7, 11) is 0. The fourth-order valence-electron chi connectivity index (χ4n) is 2.23. The molecule has 2 atom stereocenters. The number of hydrogen-bond acceptors (Lipinski definition) is 4. The largest absolute Gasteiger partial charge is 0.480 e. The van der Waals surface area contributed by atoms with Gasteiger partial charge in [0.25, 0.3) is 0 Å². The first-order valence-electron chi connectivity index (χ1n) is 8.14. The smallest absolute Gasteiger partial charge is 0.326 e. The highest BCUT2D eigenvalue weighted by molar-refractivity contribution is 6.02. The molecule has 0 bridgehead atoms. The minimum atomic E-state index is -1.20. The van der Waals surface area contributed by atoms with Gasteiger partial charge in [-0.3, -0.25) is 9.59 Å². The molecule has 2 unspecified atom stereocenters. The number of Topliss-reactive ketones (excluding diaryl/α,β-unsaturated/α-hetero) is 1. The number of ketones is 1. The van der Waals surface area contributed by atoms with Crippen LogP contribution in [-0.2, 0) is 14.4 Å². The fraction of sp³-hybridized carbons (Fsp3) is 0.812. The molecule has 0 aromatic carbocycles. The van der Waals surface area contributed by atoms with E-state index in [9.17, 15) is 14.4 Å². The van der Waals surface area contributed by atoms with Crippen LogP contribution in [0.3, 0.4) is 0 Å². The van der Waals surface area contributed by atoms with Crippen LogP contribution in [-0.4, -0.2) is 40.5 Å². The van der Waals surface area contributed by atoms with Gasteiger partial charge in [0.15, 0.2) is 0 Å². The van der Waals surface area contributed by atoms with Crippen molar-refractivity contribution in [3.05, 3.63) is 0 Å². The zero-order valence-corrected chi connectivity index (χ0v) is 13.6. The number of aliphatic hydroxyl groups excluding tert-OH is 1. The Hall–Kier alpha value is -1.43. The molecule has 0 heterocycles. The summed E-state index contributed by atoms with van der Waals surface area (Å²) in [5.74, 6) is -2.63. The topological polar surface area (TPSA) is 104 Å². The van der Waals surface area contributed by atoms with Crippen LogP contribution in [0.5, 0.6) is 0 Å². The molecule has 0 aliphatic heterocycles. The maximum atomic E-state index is 12.2. The van der Waals surface area contributed by atoms with Crippen LogP contribution in [0.25, 0.3) is 0 Å². The van der Waals surface area contributed by atoms with Crippen molar-refractivity contribution in [2.75, 3.05) is 6.61 Å².